The van der Waals surface area contributed by atoms with E-state index in [1.807, 2.05) is 6.07 Å². The molecule has 0 amide bonds. The summed E-state index contributed by atoms with van der Waals surface area (Å²) in [6, 6.07) is 1.58. The second kappa shape index (κ2) is 6.50. The van der Waals surface area contributed by atoms with Gasteiger partial charge in [-0.15, -0.1) is 0 Å². The van der Waals surface area contributed by atoms with Crippen LogP contribution in [-0.4, -0.2) is 35.1 Å². The van der Waals surface area contributed by atoms with Gasteiger partial charge in [0.15, 0.2) is 11.6 Å². The van der Waals surface area contributed by atoms with Gasteiger partial charge in [-0.1, -0.05) is 0 Å². The summed E-state index contributed by atoms with van der Waals surface area (Å²) in [6.45, 7) is 1.80. The molecular formula is C15H17FN10. The predicted molar refractivity (Wildman–Crippen MR) is 92.1 cm³/mol. The molecular weight excluding hydrogens is 339 g/mol. The Bertz CT molecular complexity index is 905. The SMILES string of the molecule is CC(Nc1nc(N)nc(Nc2cc(C3CC3)[nH]n2)n1)c1ncc(F)cn1. The van der Waals surface area contributed by atoms with Crippen molar-refractivity contribution in [3.05, 3.63) is 35.8 Å². The number of aromatic nitrogens is 7. The molecule has 10 nitrogen and oxygen atoms in total. The van der Waals surface area contributed by atoms with Crippen LogP contribution in [0.2, 0.25) is 0 Å². The molecule has 134 valence electrons. The van der Waals surface area contributed by atoms with Gasteiger partial charge in [0.1, 0.15) is 5.82 Å². The summed E-state index contributed by atoms with van der Waals surface area (Å²) in [7, 11) is 0. The van der Waals surface area contributed by atoms with Crippen LogP contribution >= 0.6 is 0 Å². The minimum atomic E-state index is -0.499. The molecule has 1 unspecified atom stereocenters. The minimum absolute atomic E-state index is 0.0511. The van der Waals surface area contributed by atoms with E-state index >= 15 is 0 Å². The van der Waals surface area contributed by atoms with Crippen LogP contribution in [0.25, 0.3) is 0 Å². The molecule has 0 radical (unpaired) electrons. The summed E-state index contributed by atoms with van der Waals surface area (Å²) in [5.41, 5.74) is 6.85. The highest BCUT2D eigenvalue weighted by Gasteiger charge is 2.25. The maximum absolute atomic E-state index is 12.9. The highest BCUT2D eigenvalue weighted by Crippen LogP contribution is 2.39. The number of rotatable bonds is 6. The predicted octanol–water partition coefficient (Wildman–Crippen LogP) is 1.90. The molecule has 3 aromatic heterocycles. The molecule has 4 rings (SSSR count). The van der Waals surface area contributed by atoms with E-state index in [0.717, 1.165) is 18.1 Å². The van der Waals surface area contributed by atoms with E-state index in [1.54, 1.807) is 6.92 Å². The van der Waals surface area contributed by atoms with Crippen molar-refractivity contribution in [3.8, 4) is 0 Å². The number of nitrogens with one attached hydrogen (secondary N) is 3. The lowest BCUT2D eigenvalue weighted by Crippen LogP contribution is -2.15. The summed E-state index contributed by atoms with van der Waals surface area (Å²) in [6.07, 6.45) is 4.56. The number of nitrogens with zero attached hydrogens (tertiary/aromatic N) is 6. The van der Waals surface area contributed by atoms with E-state index in [9.17, 15) is 4.39 Å². The molecule has 0 spiro atoms. The summed E-state index contributed by atoms with van der Waals surface area (Å²) in [4.78, 5) is 20.2. The van der Waals surface area contributed by atoms with Crippen LogP contribution in [0.1, 0.15) is 43.2 Å². The number of nitrogens with two attached hydrogens (primary N) is 1. The summed E-state index contributed by atoms with van der Waals surface area (Å²) in [5, 5.41) is 13.2. The van der Waals surface area contributed by atoms with Crippen LogP contribution in [0.3, 0.4) is 0 Å². The van der Waals surface area contributed by atoms with E-state index < -0.39 is 5.82 Å². The van der Waals surface area contributed by atoms with Gasteiger partial charge in [-0.3, -0.25) is 5.10 Å². The van der Waals surface area contributed by atoms with Crippen LogP contribution < -0.4 is 16.4 Å². The second-order valence-electron chi connectivity index (χ2n) is 6.07. The Morgan fingerprint density at radius 1 is 1.19 bits per heavy atom. The molecule has 1 atom stereocenters. The van der Waals surface area contributed by atoms with Crippen LogP contribution in [0.5, 0.6) is 0 Å². The summed E-state index contributed by atoms with van der Waals surface area (Å²) >= 11 is 0. The Kier molecular flexibility index (Phi) is 4.03. The molecule has 0 bridgehead atoms. The van der Waals surface area contributed by atoms with Gasteiger partial charge >= 0.3 is 0 Å². The molecule has 3 aromatic rings. The van der Waals surface area contributed by atoms with Crippen LogP contribution in [0.15, 0.2) is 18.5 Å². The van der Waals surface area contributed by atoms with Crippen molar-refractivity contribution >= 4 is 23.7 Å². The van der Waals surface area contributed by atoms with Gasteiger partial charge in [-0.05, 0) is 19.8 Å². The van der Waals surface area contributed by atoms with E-state index in [4.69, 9.17) is 5.73 Å². The maximum Gasteiger partial charge on any atom is 0.235 e. The van der Waals surface area contributed by atoms with E-state index in [0.29, 0.717) is 17.6 Å². The van der Waals surface area contributed by atoms with Gasteiger partial charge in [-0.2, -0.15) is 20.1 Å². The van der Waals surface area contributed by atoms with Crippen molar-refractivity contribution in [2.24, 2.45) is 0 Å². The Hall–Kier alpha value is -3.37. The number of hydrogen-bond donors (Lipinski definition) is 4. The summed E-state index contributed by atoms with van der Waals surface area (Å²) < 4.78 is 12.9. The number of anilines is 4. The summed E-state index contributed by atoms with van der Waals surface area (Å²) in [5.74, 6) is 1.64. The average Bonchev–Trinajstić information content (AvgIpc) is 3.35. The third-order valence-electron chi connectivity index (χ3n) is 3.88. The minimum Gasteiger partial charge on any atom is -0.368 e. The zero-order valence-electron chi connectivity index (χ0n) is 13.9. The number of aromatic amines is 1. The first-order chi connectivity index (χ1) is 12.6. The lowest BCUT2D eigenvalue weighted by Gasteiger charge is -2.13. The van der Waals surface area contributed by atoms with Crippen molar-refractivity contribution < 1.29 is 4.39 Å². The van der Waals surface area contributed by atoms with E-state index in [1.165, 1.54) is 12.8 Å². The molecule has 1 aliphatic rings. The number of hydrogen-bond acceptors (Lipinski definition) is 9. The molecule has 5 N–H and O–H groups in total. The van der Waals surface area contributed by atoms with Crippen LogP contribution in [0.4, 0.5) is 28.1 Å². The van der Waals surface area contributed by atoms with E-state index in [-0.39, 0.29) is 23.9 Å². The first-order valence-electron chi connectivity index (χ1n) is 8.14. The van der Waals surface area contributed by atoms with Crippen LogP contribution in [-0.2, 0) is 0 Å². The number of nitrogen functional groups attached to an aromatic ring is 1. The fourth-order valence-corrected chi connectivity index (χ4v) is 2.44. The zero-order chi connectivity index (χ0) is 18.1. The Labute approximate surface area is 147 Å². The van der Waals surface area contributed by atoms with E-state index in [2.05, 4.69) is 45.8 Å². The molecule has 0 aromatic carbocycles. The molecule has 3 heterocycles. The largest absolute Gasteiger partial charge is 0.368 e. The lowest BCUT2D eigenvalue weighted by molar-refractivity contribution is 0.604. The fraction of sp³-hybridized carbons (Fsp3) is 0.333. The highest BCUT2D eigenvalue weighted by molar-refractivity contribution is 5.51. The van der Waals surface area contributed by atoms with Gasteiger partial charge in [0.05, 0.1) is 18.4 Å². The van der Waals surface area contributed by atoms with Gasteiger partial charge in [0, 0.05) is 17.7 Å². The first-order valence-corrected chi connectivity index (χ1v) is 8.14. The van der Waals surface area contributed by atoms with Gasteiger partial charge in [-0.25, -0.2) is 14.4 Å². The third kappa shape index (κ3) is 3.66. The average molecular weight is 356 g/mol. The van der Waals surface area contributed by atoms with Crippen molar-refractivity contribution in [2.75, 3.05) is 16.4 Å². The topological polar surface area (TPSA) is 143 Å². The fourth-order valence-electron chi connectivity index (χ4n) is 2.44. The molecule has 0 saturated heterocycles. The van der Waals surface area contributed by atoms with Gasteiger partial charge in [0.25, 0.3) is 0 Å². The van der Waals surface area contributed by atoms with Gasteiger partial charge < -0.3 is 16.4 Å². The molecule has 1 fully saturated rings. The Morgan fingerprint density at radius 3 is 2.65 bits per heavy atom. The van der Waals surface area contributed by atoms with Gasteiger partial charge in [0.2, 0.25) is 17.8 Å². The third-order valence-corrected chi connectivity index (χ3v) is 3.88. The molecule has 1 saturated carbocycles. The first kappa shape index (κ1) is 16.1. The molecule has 11 heteroatoms. The monoisotopic (exact) mass is 356 g/mol. The quantitative estimate of drug-likeness (QED) is 0.520. The molecule has 1 aliphatic carbocycles. The van der Waals surface area contributed by atoms with Crippen molar-refractivity contribution in [3.63, 3.8) is 0 Å². The highest BCUT2D eigenvalue weighted by atomic mass is 19.1. The second-order valence-corrected chi connectivity index (χ2v) is 6.07. The maximum atomic E-state index is 12.9. The Morgan fingerprint density at radius 2 is 1.92 bits per heavy atom. The smallest absolute Gasteiger partial charge is 0.235 e. The number of H-pyrrole nitrogens is 1. The van der Waals surface area contributed by atoms with Crippen molar-refractivity contribution in [1.29, 1.82) is 0 Å². The standard InChI is InChI=1S/C15H17FN10/c1-7(12-18-5-9(16)6-19-12)20-14-22-13(17)23-15(24-14)21-11-4-10(25-26-11)8-2-3-8/h4-8H,2-3H2,1H3,(H5,17,20,21,22,23,24,25,26). The van der Waals surface area contributed by atoms with Crippen molar-refractivity contribution in [1.82, 2.24) is 35.1 Å². The lowest BCUT2D eigenvalue weighted by atomic mass is 10.3. The zero-order valence-corrected chi connectivity index (χ0v) is 13.9. The van der Waals surface area contributed by atoms with Crippen molar-refractivity contribution in [2.45, 2.75) is 31.7 Å². The molecule has 26 heavy (non-hydrogen) atoms. The molecule has 0 aliphatic heterocycles. The Balaban J connectivity index is 1.48. The van der Waals surface area contributed by atoms with Crippen LogP contribution in [0, 0.1) is 5.82 Å². The normalized spacial score (nSPS) is 14.8. The number of halogens is 1.